The van der Waals surface area contributed by atoms with Crippen molar-refractivity contribution in [3.63, 3.8) is 0 Å². The zero-order chi connectivity index (χ0) is 20.3. The van der Waals surface area contributed by atoms with Gasteiger partial charge in [-0.05, 0) is 56.7 Å². The first kappa shape index (κ1) is 20.5. The number of phenolic OH excluding ortho intramolecular Hbond substituents is 2. The number of aromatic hydroxyl groups is 2. The maximum Gasteiger partial charge on any atom is 0.213 e. The molecule has 28 heavy (non-hydrogen) atoms. The number of aryl methyl sites for hydroxylation is 1. The first-order valence-corrected chi connectivity index (χ1v) is 11.4. The molecule has 1 atom stereocenters. The summed E-state index contributed by atoms with van der Waals surface area (Å²) in [6.07, 6.45) is 10.4. The highest BCUT2D eigenvalue weighted by molar-refractivity contribution is 7.91. The van der Waals surface area contributed by atoms with Crippen LogP contribution in [-0.4, -0.2) is 18.6 Å². The van der Waals surface area contributed by atoms with E-state index in [9.17, 15) is 18.6 Å². The molecule has 0 spiro atoms. The first-order valence-electron chi connectivity index (χ1n) is 9.88. The second-order valence-electron chi connectivity index (χ2n) is 7.58. The number of allylic oxidation sites excluding steroid dienone is 2. The molecule has 2 N–H and O–H groups in total. The number of benzene rings is 1. The van der Waals surface area contributed by atoms with E-state index in [-0.39, 0.29) is 27.2 Å². The lowest BCUT2D eigenvalue weighted by Gasteiger charge is -2.24. The van der Waals surface area contributed by atoms with Gasteiger partial charge in [0.15, 0.2) is 0 Å². The number of sulfone groups is 1. The summed E-state index contributed by atoms with van der Waals surface area (Å²) in [7, 11) is -3.96. The summed E-state index contributed by atoms with van der Waals surface area (Å²) in [6, 6.07) is 2.90. The molecule has 0 radical (unpaired) electrons. The Morgan fingerprint density at radius 2 is 2.04 bits per heavy atom. The number of unbranched alkanes of at least 4 members (excludes halogenated alkanes) is 2. The molecule has 1 aromatic carbocycles. The van der Waals surface area contributed by atoms with Crippen molar-refractivity contribution in [3.8, 4) is 11.5 Å². The molecule has 1 aliphatic carbocycles. The number of rotatable bonds is 7. The minimum Gasteiger partial charge on any atom is -0.507 e. The van der Waals surface area contributed by atoms with Crippen LogP contribution >= 0.6 is 0 Å². The van der Waals surface area contributed by atoms with Gasteiger partial charge in [0.05, 0.1) is 6.26 Å². The summed E-state index contributed by atoms with van der Waals surface area (Å²) < 4.78 is 31.5. The minimum absolute atomic E-state index is 0.00606. The van der Waals surface area contributed by atoms with Crippen LogP contribution in [0.1, 0.15) is 69.4 Å². The normalized spacial score (nSPS) is 17.5. The summed E-state index contributed by atoms with van der Waals surface area (Å²) in [5.41, 5.74) is 1.94. The molecule has 1 aromatic heterocycles. The SMILES string of the molecule is CCCCCc1cc(O)c(C2C=C(C)CCC2)c(O)c1S(=O)(=O)c1ccoc1. The van der Waals surface area contributed by atoms with E-state index in [2.05, 4.69) is 6.92 Å². The molecule has 5 nitrogen and oxygen atoms in total. The maximum atomic E-state index is 13.3. The van der Waals surface area contributed by atoms with Gasteiger partial charge in [0.25, 0.3) is 0 Å². The fourth-order valence-electron chi connectivity index (χ4n) is 3.98. The molecular weight excluding hydrogens is 376 g/mol. The third-order valence-corrected chi connectivity index (χ3v) is 7.26. The van der Waals surface area contributed by atoms with Gasteiger partial charge in [-0.3, -0.25) is 0 Å². The number of hydrogen-bond acceptors (Lipinski definition) is 5. The smallest absolute Gasteiger partial charge is 0.213 e. The second kappa shape index (κ2) is 8.43. The van der Waals surface area contributed by atoms with Gasteiger partial charge < -0.3 is 14.6 Å². The average molecular weight is 405 g/mol. The second-order valence-corrected chi connectivity index (χ2v) is 9.46. The van der Waals surface area contributed by atoms with E-state index in [1.165, 1.54) is 30.2 Å². The highest BCUT2D eigenvalue weighted by Crippen LogP contribution is 2.46. The largest absolute Gasteiger partial charge is 0.507 e. The zero-order valence-corrected chi connectivity index (χ0v) is 17.3. The lowest BCUT2D eigenvalue weighted by atomic mass is 9.84. The molecule has 0 saturated heterocycles. The Balaban J connectivity index is 2.19. The van der Waals surface area contributed by atoms with Crippen LogP contribution in [0.5, 0.6) is 11.5 Å². The van der Waals surface area contributed by atoms with Crippen molar-refractivity contribution in [3.05, 3.63) is 47.4 Å². The van der Waals surface area contributed by atoms with Crippen LogP contribution in [0.4, 0.5) is 0 Å². The van der Waals surface area contributed by atoms with Gasteiger partial charge in [0, 0.05) is 11.5 Å². The van der Waals surface area contributed by atoms with Gasteiger partial charge in [-0.2, -0.15) is 0 Å². The van der Waals surface area contributed by atoms with Gasteiger partial charge >= 0.3 is 0 Å². The molecule has 3 rings (SSSR count). The number of hydrogen-bond donors (Lipinski definition) is 2. The molecule has 0 bridgehead atoms. The van der Waals surface area contributed by atoms with Crippen LogP contribution in [0.15, 0.2) is 50.5 Å². The molecule has 0 aliphatic heterocycles. The summed E-state index contributed by atoms with van der Waals surface area (Å²) >= 11 is 0. The topological polar surface area (TPSA) is 87.7 Å². The van der Waals surface area contributed by atoms with Crippen LogP contribution < -0.4 is 0 Å². The molecular formula is C22H28O5S. The molecule has 0 saturated carbocycles. The monoisotopic (exact) mass is 404 g/mol. The average Bonchev–Trinajstić information content (AvgIpc) is 3.17. The van der Waals surface area contributed by atoms with Crippen molar-refractivity contribution in [2.24, 2.45) is 0 Å². The van der Waals surface area contributed by atoms with Crippen molar-refractivity contribution in [2.75, 3.05) is 0 Å². The Kier molecular flexibility index (Phi) is 6.18. The maximum absolute atomic E-state index is 13.3. The molecule has 6 heteroatoms. The summed E-state index contributed by atoms with van der Waals surface area (Å²) in [4.78, 5) is -0.0963. The van der Waals surface area contributed by atoms with Crippen LogP contribution in [-0.2, 0) is 16.3 Å². The van der Waals surface area contributed by atoms with Gasteiger partial charge in [-0.15, -0.1) is 0 Å². The van der Waals surface area contributed by atoms with E-state index >= 15 is 0 Å². The Hall–Kier alpha value is -2.21. The van der Waals surface area contributed by atoms with Crippen molar-refractivity contribution in [1.82, 2.24) is 0 Å². The van der Waals surface area contributed by atoms with E-state index < -0.39 is 9.84 Å². The quantitative estimate of drug-likeness (QED) is 0.472. The predicted octanol–water partition coefficient (Wildman–Crippen LogP) is 5.47. The van der Waals surface area contributed by atoms with E-state index in [0.717, 1.165) is 38.5 Å². The van der Waals surface area contributed by atoms with Crippen LogP contribution in [0.2, 0.25) is 0 Å². The Morgan fingerprint density at radius 1 is 1.25 bits per heavy atom. The summed E-state index contributed by atoms with van der Waals surface area (Å²) in [6.45, 7) is 4.08. The molecule has 2 aromatic rings. The predicted molar refractivity (Wildman–Crippen MR) is 108 cm³/mol. The van der Waals surface area contributed by atoms with E-state index in [0.29, 0.717) is 17.5 Å². The van der Waals surface area contributed by atoms with Crippen molar-refractivity contribution >= 4 is 9.84 Å². The molecule has 0 amide bonds. The Morgan fingerprint density at radius 3 is 2.68 bits per heavy atom. The zero-order valence-electron chi connectivity index (χ0n) is 16.4. The highest BCUT2D eigenvalue weighted by Gasteiger charge is 2.32. The molecule has 1 unspecified atom stereocenters. The van der Waals surface area contributed by atoms with Crippen molar-refractivity contribution < 1.29 is 23.0 Å². The fourth-order valence-corrected chi connectivity index (χ4v) is 5.51. The third-order valence-electron chi connectivity index (χ3n) is 5.42. The van der Waals surface area contributed by atoms with Gasteiger partial charge in [-0.1, -0.05) is 31.4 Å². The van der Waals surface area contributed by atoms with Gasteiger partial charge in [-0.25, -0.2) is 8.42 Å². The van der Waals surface area contributed by atoms with Crippen molar-refractivity contribution in [1.29, 1.82) is 0 Å². The Bertz CT molecular complexity index is 955. The van der Waals surface area contributed by atoms with E-state index in [1.807, 2.05) is 13.0 Å². The fraction of sp³-hybridized carbons (Fsp3) is 0.455. The third kappa shape index (κ3) is 3.97. The van der Waals surface area contributed by atoms with E-state index in [4.69, 9.17) is 4.42 Å². The highest BCUT2D eigenvalue weighted by atomic mass is 32.2. The molecule has 0 fully saturated rings. The lowest BCUT2D eigenvalue weighted by molar-refractivity contribution is 0.416. The lowest BCUT2D eigenvalue weighted by Crippen LogP contribution is -2.10. The number of phenols is 2. The van der Waals surface area contributed by atoms with Gasteiger partial charge in [0.2, 0.25) is 9.84 Å². The first-order chi connectivity index (χ1) is 13.4. The standard InChI is InChI=1S/C22H28O5S/c1-3-4-5-8-17-13-19(23)20(16-9-6-7-15(2)12-16)21(24)22(17)28(25,26)18-10-11-27-14-18/h10-14,16,23-24H,3-9H2,1-2H3. The van der Waals surface area contributed by atoms with Crippen LogP contribution in [0.25, 0.3) is 0 Å². The summed E-state index contributed by atoms with van der Waals surface area (Å²) in [5, 5.41) is 21.8. The van der Waals surface area contributed by atoms with Crippen LogP contribution in [0.3, 0.4) is 0 Å². The van der Waals surface area contributed by atoms with Crippen LogP contribution in [0, 0.1) is 0 Å². The van der Waals surface area contributed by atoms with Gasteiger partial charge in [0.1, 0.15) is 27.6 Å². The summed E-state index contributed by atoms with van der Waals surface area (Å²) in [5.74, 6) is -0.563. The van der Waals surface area contributed by atoms with E-state index in [1.54, 1.807) is 0 Å². The minimum atomic E-state index is -3.96. The molecule has 152 valence electrons. The number of furan rings is 1. The van der Waals surface area contributed by atoms with Crippen molar-refractivity contribution in [2.45, 2.75) is 74.5 Å². The Labute approximate surface area is 166 Å². The molecule has 1 heterocycles. The molecule has 1 aliphatic rings.